The monoisotopic (exact) mass is 275 g/mol. The predicted octanol–water partition coefficient (Wildman–Crippen LogP) is 1.41. The molecular formula is C13H17N5O2. The van der Waals surface area contributed by atoms with E-state index in [9.17, 15) is 4.79 Å². The number of carbonyl (C=O) groups is 1. The summed E-state index contributed by atoms with van der Waals surface area (Å²) < 4.78 is 1.95. The van der Waals surface area contributed by atoms with Crippen LogP contribution in [0.2, 0.25) is 0 Å². The van der Waals surface area contributed by atoms with Crippen LogP contribution in [-0.4, -0.2) is 43.7 Å². The number of aromatic nitrogens is 3. The Labute approximate surface area is 116 Å². The van der Waals surface area contributed by atoms with Gasteiger partial charge in [0, 0.05) is 26.3 Å². The van der Waals surface area contributed by atoms with Crippen molar-refractivity contribution in [2.75, 3.05) is 18.8 Å². The molecule has 3 N–H and O–H groups in total. The SMILES string of the molecule is Cn1cc(C2CCN(C(=O)O)CC2)c2c(N)ncnc21. The minimum atomic E-state index is -0.843. The Bertz CT molecular complexity index is 658. The van der Waals surface area contributed by atoms with Crippen molar-refractivity contribution >= 4 is 22.9 Å². The molecule has 0 spiro atoms. The molecule has 7 heteroatoms. The summed E-state index contributed by atoms with van der Waals surface area (Å²) in [6.45, 7) is 1.12. The largest absolute Gasteiger partial charge is 0.465 e. The topological polar surface area (TPSA) is 97.3 Å². The number of likely N-dealkylation sites (tertiary alicyclic amines) is 1. The fourth-order valence-corrected chi connectivity index (χ4v) is 2.96. The maximum Gasteiger partial charge on any atom is 0.407 e. The zero-order valence-electron chi connectivity index (χ0n) is 11.3. The molecule has 1 fully saturated rings. The number of aryl methyl sites for hydroxylation is 1. The van der Waals surface area contributed by atoms with Gasteiger partial charge in [-0.3, -0.25) is 0 Å². The van der Waals surface area contributed by atoms with Crippen molar-refractivity contribution in [1.29, 1.82) is 0 Å². The Kier molecular flexibility index (Phi) is 2.96. The molecule has 0 atom stereocenters. The average molecular weight is 275 g/mol. The van der Waals surface area contributed by atoms with Gasteiger partial charge in [-0.15, -0.1) is 0 Å². The maximum atomic E-state index is 10.9. The van der Waals surface area contributed by atoms with E-state index in [1.165, 1.54) is 11.2 Å². The highest BCUT2D eigenvalue weighted by atomic mass is 16.4. The summed E-state index contributed by atoms with van der Waals surface area (Å²) in [7, 11) is 1.94. The van der Waals surface area contributed by atoms with E-state index in [4.69, 9.17) is 10.8 Å². The highest BCUT2D eigenvalue weighted by Gasteiger charge is 2.26. The molecule has 106 valence electrons. The number of nitrogens with two attached hydrogens (primary N) is 1. The molecule has 20 heavy (non-hydrogen) atoms. The van der Waals surface area contributed by atoms with Crippen molar-refractivity contribution in [1.82, 2.24) is 19.4 Å². The van der Waals surface area contributed by atoms with Gasteiger partial charge in [-0.05, 0) is 24.3 Å². The number of hydrogen-bond donors (Lipinski definition) is 2. The van der Waals surface area contributed by atoms with Gasteiger partial charge in [-0.25, -0.2) is 14.8 Å². The molecule has 0 aliphatic carbocycles. The first-order valence-corrected chi connectivity index (χ1v) is 6.61. The van der Waals surface area contributed by atoms with Gasteiger partial charge in [0.25, 0.3) is 0 Å². The number of hydrogen-bond acceptors (Lipinski definition) is 4. The van der Waals surface area contributed by atoms with Crippen LogP contribution in [0.25, 0.3) is 11.0 Å². The number of carboxylic acid groups (broad SMARTS) is 1. The smallest absolute Gasteiger partial charge is 0.407 e. The lowest BCUT2D eigenvalue weighted by Gasteiger charge is -2.29. The summed E-state index contributed by atoms with van der Waals surface area (Å²) in [6.07, 6.45) is 4.27. The highest BCUT2D eigenvalue weighted by Crippen LogP contribution is 2.35. The van der Waals surface area contributed by atoms with Gasteiger partial charge in [0.05, 0.1) is 5.39 Å². The number of nitrogen functional groups attached to an aromatic ring is 1. The molecule has 1 aliphatic heterocycles. The lowest BCUT2D eigenvalue weighted by Crippen LogP contribution is -2.36. The van der Waals surface area contributed by atoms with E-state index in [2.05, 4.69) is 9.97 Å². The minimum Gasteiger partial charge on any atom is -0.465 e. The van der Waals surface area contributed by atoms with E-state index < -0.39 is 6.09 Å². The lowest BCUT2D eigenvalue weighted by atomic mass is 9.90. The first kappa shape index (κ1) is 12.7. The Balaban J connectivity index is 1.94. The van der Waals surface area contributed by atoms with Crippen LogP contribution in [0.1, 0.15) is 24.3 Å². The summed E-state index contributed by atoms with van der Waals surface area (Å²) >= 11 is 0. The Morgan fingerprint density at radius 1 is 1.40 bits per heavy atom. The van der Waals surface area contributed by atoms with Crippen LogP contribution >= 0.6 is 0 Å². The van der Waals surface area contributed by atoms with Crippen molar-refractivity contribution in [3.8, 4) is 0 Å². The van der Waals surface area contributed by atoms with Crippen molar-refractivity contribution in [3.05, 3.63) is 18.1 Å². The van der Waals surface area contributed by atoms with Crippen molar-refractivity contribution < 1.29 is 9.90 Å². The third-order valence-electron chi connectivity index (χ3n) is 4.02. The van der Waals surface area contributed by atoms with Gasteiger partial charge in [0.2, 0.25) is 0 Å². The second-order valence-electron chi connectivity index (χ2n) is 5.20. The van der Waals surface area contributed by atoms with E-state index in [1.54, 1.807) is 0 Å². The van der Waals surface area contributed by atoms with Gasteiger partial charge in [0.15, 0.2) is 0 Å². The number of nitrogens with zero attached hydrogens (tertiary/aromatic N) is 4. The van der Waals surface area contributed by atoms with Gasteiger partial charge in [-0.2, -0.15) is 0 Å². The number of fused-ring (bicyclic) bond motifs is 1. The average Bonchev–Trinajstić information content (AvgIpc) is 2.78. The van der Waals surface area contributed by atoms with E-state index in [-0.39, 0.29) is 0 Å². The van der Waals surface area contributed by atoms with E-state index in [1.807, 2.05) is 17.8 Å². The molecule has 3 heterocycles. The summed E-state index contributed by atoms with van der Waals surface area (Å²) in [6, 6.07) is 0. The molecule has 1 amide bonds. The van der Waals surface area contributed by atoms with E-state index in [0.29, 0.717) is 24.8 Å². The Morgan fingerprint density at radius 2 is 2.10 bits per heavy atom. The molecule has 0 radical (unpaired) electrons. The standard InChI is InChI=1S/C13H17N5O2/c1-17-6-9(10-11(14)15-7-16-12(10)17)8-2-4-18(5-3-8)13(19)20/h6-8H,2-5H2,1H3,(H,19,20)(H2,14,15,16). The van der Waals surface area contributed by atoms with E-state index in [0.717, 1.165) is 29.4 Å². The third-order valence-corrected chi connectivity index (χ3v) is 4.02. The molecule has 0 saturated carbocycles. The molecule has 1 aliphatic rings. The van der Waals surface area contributed by atoms with Crippen LogP contribution in [0.4, 0.5) is 10.6 Å². The zero-order chi connectivity index (χ0) is 14.3. The van der Waals surface area contributed by atoms with Gasteiger partial charge >= 0.3 is 6.09 Å². The molecule has 2 aromatic rings. The fraction of sp³-hybridized carbons (Fsp3) is 0.462. The number of rotatable bonds is 1. The number of piperidine rings is 1. The second kappa shape index (κ2) is 4.66. The highest BCUT2D eigenvalue weighted by molar-refractivity contribution is 5.90. The summed E-state index contributed by atoms with van der Waals surface area (Å²) in [5.74, 6) is 0.800. The Hall–Kier alpha value is -2.31. The Morgan fingerprint density at radius 3 is 2.75 bits per heavy atom. The van der Waals surface area contributed by atoms with Crippen LogP contribution in [0.5, 0.6) is 0 Å². The molecule has 0 unspecified atom stereocenters. The molecule has 2 aromatic heterocycles. The van der Waals surface area contributed by atoms with E-state index >= 15 is 0 Å². The lowest BCUT2D eigenvalue weighted by molar-refractivity contribution is 0.132. The van der Waals surface area contributed by atoms with Crippen molar-refractivity contribution in [2.24, 2.45) is 7.05 Å². The van der Waals surface area contributed by atoms with Crippen LogP contribution in [0, 0.1) is 0 Å². The summed E-state index contributed by atoms with van der Waals surface area (Å²) in [5.41, 5.74) is 7.94. The third kappa shape index (κ3) is 1.95. The predicted molar refractivity (Wildman–Crippen MR) is 74.5 cm³/mol. The minimum absolute atomic E-state index is 0.308. The van der Waals surface area contributed by atoms with Crippen LogP contribution < -0.4 is 5.73 Å². The summed E-state index contributed by atoms with van der Waals surface area (Å²) in [4.78, 5) is 20.7. The summed E-state index contributed by atoms with van der Waals surface area (Å²) in [5, 5.41) is 9.90. The van der Waals surface area contributed by atoms with Crippen molar-refractivity contribution in [3.63, 3.8) is 0 Å². The van der Waals surface area contributed by atoms with Gasteiger partial charge < -0.3 is 20.3 Å². The van der Waals surface area contributed by atoms with Crippen LogP contribution in [0.15, 0.2) is 12.5 Å². The molecular weight excluding hydrogens is 258 g/mol. The first-order chi connectivity index (χ1) is 9.58. The van der Waals surface area contributed by atoms with Crippen LogP contribution in [-0.2, 0) is 7.05 Å². The normalized spacial score (nSPS) is 16.8. The quantitative estimate of drug-likeness (QED) is 0.820. The maximum absolute atomic E-state index is 10.9. The molecule has 0 aromatic carbocycles. The number of amides is 1. The molecule has 1 saturated heterocycles. The zero-order valence-corrected chi connectivity index (χ0v) is 11.3. The molecule has 0 bridgehead atoms. The van der Waals surface area contributed by atoms with Gasteiger partial charge in [-0.1, -0.05) is 0 Å². The molecule has 7 nitrogen and oxygen atoms in total. The fourth-order valence-electron chi connectivity index (χ4n) is 2.96. The van der Waals surface area contributed by atoms with Crippen LogP contribution in [0.3, 0.4) is 0 Å². The van der Waals surface area contributed by atoms with Crippen molar-refractivity contribution in [2.45, 2.75) is 18.8 Å². The first-order valence-electron chi connectivity index (χ1n) is 6.61. The second-order valence-corrected chi connectivity index (χ2v) is 5.20. The van der Waals surface area contributed by atoms with Gasteiger partial charge in [0.1, 0.15) is 17.8 Å². The number of anilines is 1. The molecule has 3 rings (SSSR count).